The quantitative estimate of drug-likeness (QED) is 0.478. The van der Waals surface area contributed by atoms with E-state index in [0.717, 1.165) is 0 Å². The number of nitrogens with zero attached hydrogens (tertiary/aromatic N) is 4. The van der Waals surface area contributed by atoms with Crippen LogP contribution in [0.5, 0.6) is 0 Å². The minimum atomic E-state index is -3.61. The van der Waals surface area contributed by atoms with Gasteiger partial charge in [-0.05, 0) is 55.8 Å². The number of morpholine rings is 1. The molecule has 1 aliphatic rings. The molecule has 0 bridgehead atoms. The lowest BCUT2D eigenvalue weighted by Gasteiger charge is -2.26. The van der Waals surface area contributed by atoms with E-state index >= 15 is 0 Å². The summed E-state index contributed by atoms with van der Waals surface area (Å²) < 4.78 is 39.9. The van der Waals surface area contributed by atoms with E-state index in [4.69, 9.17) is 21.4 Å². The van der Waals surface area contributed by atoms with Gasteiger partial charge in [0, 0.05) is 29.6 Å². The summed E-state index contributed by atoms with van der Waals surface area (Å²) in [5.41, 5.74) is 0.563. The molecular weight excluding hydrogens is 456 g/mol. The number of thiophene rings is 1. The van der Waals surface area contributed by atoms with E-state index in [1.54, 1.807) is 40.3 Å². The normalized spacial score (nSPS) is 16.6. The first-order chi connectivity index (χ1) is 14.9. The second-order valence-corrected chi connectivity index (χ2v) is 10.6. The highest BCUT2D eigenvalue weighted by Crippen LogP contribution is 2.26. The van der Waals surface area contributed by atoms with Crippen LogP contribution in [0.25, 0.3) is 11.5 Å². The zero-order valence-electron chi connectivity index (χ0n) is 17.3. The van der Waals surface area contributed by atoms with Gasteiger partial charge in [0.2, 0.25) is 15.9 Å². The first-order valence-corrected chi connectivity index (χ1v) is 12.6. The molecule has 1 aromatic carbocycles. The molecule has 11 heteroatoms. The molecule has 1 atom stereocenters. The monoisotopic (exact) mass is 480 g/mol. The average Bonchev–Trinajstić information content (AvgIpc) is 3.44. The number of sulfonamides is 1. The molecule has 0 spiro atoms. The van der Waals surface area contributed by atoms with Gasteiger partial charge in [0.05, 0.1) is 24.8 Å². The minimum Gasteiger partial charge on any atom is -0.409 e. The van der Waals surface area contributed by atoms with Crippen LogP contribution in [0.3, 0.4) is 0 Å². The van der Waals surface area contributed by atoms with Crippen molar-refractivity contribution in [2.45, 2.75) is 24.5 Å². The second-order valence-electron chi connectivity index (χ2n) is 7.31. The predicted octanol–water partition coefficient (Wildman–Crippen LogP) is 3.61. The topological polar surface area (TPSA) is 80.8 Å². The van der Waals surface area contributed by atoms with Crippen molar-refractivity contribution in [3.63, 3.8) is 0 Å². The summed E-state index contributed by atoms with van der Waals surface area (Å²) in [5, 5.41) is 6.55. The molecule has 166 valence electrons. The molecule has 0 radical (unpaired) electrons. The first-order valence-electron chi connectivity index (χ1n) is 9.86. The molecule has 1 fully saturated rings. The molecule has 0 aliphatic carbocycles. The average molecular weight is 481 g/mol. The van der Waals surface area contributed by atoms with E-state index in [1.165, 1.54) is 9.18 Å². The maximum Gasteiger partial charge on any atom is 0.288 e. The molecule has 0 saturated carbocycles. The first kappa shape index (κ1) is 22.3. The number of benzene rings is 1. The zero-order chi connectivity index (χ0) is 22.0. The number of hydrogen-bond donors (Lipinski definition) is 0. The van der Waals surface area contributed by atoms with Crippen molar-refractivity contribution in [3.05, 3.63) is 51.5 Å². The van der Waals surface area contributed by atoms with E-state index in [1.807, 2.05) is 13.1 Å². The van der Waals surface area contributed by atoms with Gasteiger partial charge in [0.15, 0.2) is 0 Å². The van der Waals surface area contributed by atoms with Crippen molar-refractivity contribution in [3.8, 4) is 11.5 Å². The van der Waals surface area contributed by atoms with Crippen LogP contribution < -0.4 is 0 Å². The Bertz CT molecular complexity index is 1180. The molecular formula is C20H24N4O4S3. The Morgan fingerprint density at radius 1 is 1.26 bits per heavy atom. The van der Waals surface area contributed by atoms with Gasteiger partial charge in [-0.25, -0.2) is 13.1 Å². The molecule has 31 heavy (non-hydrogen) atoms. The van der Waals surface area contributed by atoms with Gasteiger partial charge in [-0.1, -0.05) is 12.1 Å². The lowest BCUT2D eigenvalue weighted by atomic mass is 10.2. The molecule has 4 rings (SSSR count). The molecule has 2 aromatic heterocycles. The maximum absolute atomic E-state index is 13.0. The van der Waals surface area contributed by atoms with Crippen LogP contribution in [0, 0.1) is 4.84 Å². The summed E-state index contributed by atoms with van der Waals surface area (Å²) in [6, 6.07) is 10.9. The fourth-order valence-electron chi connectivity index (χ4n) is 3.32. The Labute approximate surface area is 190 Å². The van der Waals surface area contributed by atoms with Gasteiger partial charge in [-0.3, -0.25) is 4.90 Å². The molecule has 3 aromatic rings. The van der Waals surface area contributed by atoms with Crippen LogP contribution in [-0.2, 0) is 21.4 Å². The summed E-state index contributed by atoms with van der Waals surface area (Å²) in [4.78, 5) is 3.80. The van der Waals surface area contributed by atoms with E-state index in [-0.39, 0.29) is 15.8 Å². The summed E-state index contributed by atoms with van der Waals surface area (Å²) >= 11 is 7.06. The Morgan fingerprint density at radius 3 is 2.74 bits per heavy atom. The van der Waals surface area contributed by atoms with Crippen LogP contribution in [-0.4, -0.2) is 60.8 Å². The third kappa shape index (κ3) is 4.81. The minimum absolute atomic E-state index is 0.198. The van der Waals surface area contributed by atoms with Crippen molar-refractivity contribution in [2.75, 3.05) is 33.4 Å². The van der Waals surface area contributed by atoms with E-state index in [2.05, 4.69) is 28.4 Å². The van der Waals surface area contributed by atoms with Crippen LogP contribution in [0.15, 0.2) is 51.1 Å². The van der Waals surface area contributed by atoms with Crippen LogP contribution in [0.1, 0.15) is 17.8 Å². The number of rotatable bonds is 7. The smallest absolute Gasteiger partial charge is 0.288 e. The summed E-state index contributed by atoms with van der Waals surface area (Å²) in [6.07, 6.45) is 0. The van der Waals surface area contributed by atoms with E-state index in [9.17, 15) is 8.42 Å². The Balaban J connectivity index is 1.56. The predicted molar refractivity (Wildman–Crippen MR) is 121 cm³/mol. The number of aromatic nitrogens is 2. The number of ether oxygens (including phenoxy) is 1. The zero-order valence-corrected chi connectivity index (χ0v) is 19.8. The van der Waals surface area contributed by atoms with Gasteiger partial charge in [-0.15, -0.1) is 16.4 Å². The molecule has 1 unspecified atom stereocenters. The van der Waals surface area contributed by atoms with E-state index < -0.39 is 10.0 Å². The summed E-state index contributed by atoms with van der Waals surface area (Å²) in [7, 11) is -1.61. The molecule has 3 heterocycles. The molecule has 8 nitrogen and oxygen atoms in total. The molecule has 1 saturated heterocycles. The van der Waals surface area contributed by atoms with Crippen LogP contribution in [0.4, 0.5) is 0 Å². The fraction of sp³-hybridized carbons (Fsp3) is 0.400. The van der Waals surface area contributed by atoms with E-state index in [0.29, 0.717) is 44.4 Å². The van der Waals surface area contributed by atoms with Crippen molar-refractivity contribution >= 4 is 33.6 Å². The lowest BCUT2D eigenvalue weighted by Crippen LogP contribution is -2.40. The Kier molecular flexibility index (Phi) is 6.70. The lowest BCUT2D eigenvalue weighted by molar-refractivity contribution is 0.0730. The van der Waals surface area contributed by atoms with Crippen molar-refractivity contribution in [1.29, 1.82) is 0 Å². The maximum atomic E-state index is 13.0. The number of hydrogen-bond acceptors (Lipinski definition) is 8. The van der Waals surface area contributed by atoms with Gasteiger partial charge >= 0.3 is 0 Å². The van der Waals surface area contributed by atoms with Gasteiger partial charge in [0.25, 0.3) is 4.84 Å². The molecule has 0 N–H and O–H groups in total. The molecule has 0 amide bonds. The fourth-order valence-corrected chi connectivity index (χ4v) is 5.80. The van der Waals surface area contributed by atoms with Gasteiger partial charge < -0.3 is 9.15 Å². The summed E-state index contributed by atoms with van der Waals surface area (Å²) in [6.45, 7) is 4.06. The van der Waals surface area contributed by atoms with Crippen LogP contribution in [0.2, 0.25) is 0 Å². The standard InChI is InChI=1S/C20H24N4O4S3/c1-15(18-7-4-12-30-18)22(2)14-24-20(29)28-19(21-24)16-5-3-6-17(13-16)31(25,26)23-8-10-27-11-9-23/h3-7,12-13,15H,8-11,14H2,1-2H3. The highest BCUT2D eigenvalue weighted by molar-refractivity contribution is 7.89. The third-order valence-electron chi connectivity index (χ3n) is 5.27. The highest BCUT2D eigenvalue weighted by Gasteiger charge is 2.27. The largest absolute Gasteiger partial charge is 0.409 e. The Morgan fingerprint density at radius 2 is 2.03 bits per heavy atom. The highest BCUT2D eigenvalue weighted by atomic mass is 32.2. The van der Waals surface area contributed by atoms with Gasteiger partial charge in [-0.2, -0.15) is 4.31 Å². The molecule has 1 aliphatic heterocycles. The van der Waals surface area contributed by atoms with Gasteiger partial charge in [0.1, 0.15) is 0 Å². The van der Waals surface area contributed by atoms with Crippen LogP contribution >= 0.6 is 23.6 Å². The van der Waals surface area contributed by atoms with Crippen molar-refractivity contribution in [2.24, 2.45) is 0 Å². The second kappa shape index (κ2) is 9.31. The van der Waals surface area contributed by atoms with Crippen molar-refractivity contribution < 1.29 is 17.6 Å². The third-order valence-corrected chi connectivity index (χ3v) is 8.50. The summed E-state index contributed by atoms with van der Waals surface area (Å²) in [5.74, 6) is 0.293. The Hall–Kier alpha value is -1.89. The SMILES string of the molecule is CC(c1cccs1)N(C)Cn1nc(-c2cccc(S(=O)(=O)N3CCOCC3)c2)oc1=S. The van der Waals surface area contributed by atoms with Crippen molar-refractivity contribution in [1.82, 2.24) is 19.0 Å².